The number of benzene rings is 1. The molecule has 1 saturated carbocycles. The van der Waals surface area contributed by atoms with Crippen LogP contribution in [0.15, 0.2) is 18.2 Å². The molecule has 1 aromatic carbocycles. The molecule has 1 aromatic rings. The summed E-state index contributed by atoms with van der Waals surface area (Å²) in [6.45, 7) is 3.66. The van der Waals surface area contributed by atoms with Crippen molar-refractivity contribution in [3.63, 3.8) is 0 Å². The molecule has 0 bridgehead atoms. The van der Waals surface area contributed by atoms with Crippen LogP contribution in [-0.4, -0.2) is 11.9 Å². The maximum atomic E-state index is 13.7. The number of nitrogens with one attached hydrogen (secondary N) is 1. The quantitative estimate of drug-likeness (QED) is 0.898. The summed E-state index contributed by atoms with van der Waals surface area (Å²) >= 11 is 0. The van der Waals surface area contributed by atoms with Crippen molar-refractivity contribution in [3.8, 4) is 0 Å². The topological polar surface area (TPSA) is 29.1 Å². The van der Waals surface area contributed by atoms with Crippen LogP contribution in [0.5, 0.6) is 0 Å². The van der Waals surface area contributed by atoms with Gasteiger partial charge in [-0.15, -0.1) is 0 Å². The summed E-state index contributed by atoms with van der Waals surface area (Å²) in [5.41, 5.74) is -0.145. The van der Waals surface area contributed by atoms with E-state index < -0.39 is 17.6 Å². The second-order valence-corrected chi connectivity index (χ2v) is 5.73. The van der Waals surface area contributed by atoms with Gasteiger partial charge in [-0.3, -0.25) is 4.79 Å². The van der Waals surface area contributed by atoms with Crippen molar-refractivity contribution in [2.24, 2.45) is 5.92 Å². The lowest BCUT2D eigenvalue weighted by Gasteiger charge is -2.30. The summed E-state index contributed by atoms with van der Waals surface area (Å²) in [4.78, 5) is 12.2. The van der Waals surface area contributed by atoms with Gasteiger partial charge >= 0.3 is 0 Å². The molecule has 1 amide bonds. The number of rotatable bonds is 3. The first-order chi connectivity index (χ1) is 9.50. The Morgan fingerprint density at radius 2 is 1.85 bits per heavy atom. The van der Waals surface area contributed by atoms with Gasteiger partial charge in [-0.05, 0) is 37.8 Å². The van der Waals surface area contributed by atoms with E-state index in [2.05, 4.69) is 12.2 Å². The zero-order valence-electron chi connectivity index (χ0n) is 12.0. The van der Waals surface area contributed by atoms with E-state index in [0.29, 0.717) is 5.92 Å². The number of amides is 1. The molecule has 1 aliphatic rings. The molecule has 1 N–H and O–H groups in total. The highest BCUT2D eigenvalue weighted by atomic mass is 19.1. The lowest BCUT2D eigenvalue weighted by Crippen LogP contribution is -2.43. The molecular weight excluding hydrogens is 260 g/mol. The number of carbonyl (C=O) groups excluding carboxylic acids is 1. The Kier molecular flexibility index (Phi) is 4.73. The van der Waals surface area contributed by atoms with E-state index in [-0.39, 0.29) is 17.5 Å². The van der Waals surface area contributed by atoms with Crippen molar-refractivity contribution >= 4 is 5.91 Å². The molecule has 1 aliphatic carbocycles. The molecule has 110 valence electrons. The van der Waals surface area contributed by atoms with Crippen molar-refractivity contribution in [2.45, 2.75) is 51.5 Å². The lowest BCUT2D eigenvalue weighted by molar-refractivity contribution is -0.123. The molecule has 2 nitrogen and oxygen atoms in total. The number of carbonyl (C=O) groups is 1. The van der Waals surface area contributed by atoms with E-state index in [1.165, 1.54) is 24.6 Å². The van der Waals surface area contributed by atoms with E-state index in [1.54, 1.807) is 6.92 Å². The van der Waals surface area contributed by atoms with Crippen LogP contribution in [0.3, 0.4) is 0 Å². The second kappa shape index (κ2) is 6.33. The molecular formula is C16H21F2NO. The first-order valence-corrected chi connectivity index (χ1v) is 7.25. The van der Waals surface area contributed by atoms with Gasteiger partial charge in [0, 0.05) is 11.6 Å². The first-order valence-electron chi connectivity index (χ1n) is 7.25. The van der Waals surface area contributed by atoms with Crippen molar-refractivity contribution < 1.29 is 13.6 Å². The Bertz CT molecular complexity index is 469. The van der Waals surface area contributed by atoms with Crippen molar-refractivity contribution in [1.82, 2.24) is 5.32 Å². The van der Waals surface area contributed by atoms with Crippen molar-refractivity contribution in [1.29, 1.82) is 0 Å². The molecule has 2 rings (SSSR count). The summed E-state index contributed by atoms with van der Waals surface area (Å²) < 4.78 is 27.4. The van der Waals surface area contributed by atoms with Gasteiger partial charge in [0.05, 0.1) is 5.92 Å². The number of hydrogen-bond donors (Lipinski definition) is 1. The molecule has 20 heavy (non-hydrogen) atoms. The Labute approximate surface area is 118 Å². The molecule has 0 heterocycles. The summed E-state index contributed by atoms with van der Waals surface area (Å²) in [6, 6.07) is 3.80. The third kappa shape index (κ3) is 3.17. The van der Waals surface area contributed by atoms with Crippen LogP contribution >= 0.6 is 0 Å². The van der Waals surface area contributed by atoms with Crippen LogP contribution in [-0.2, 0) is 4.79 Å². The molecule has 0 aliphatic heterocycles. The predicted molar refractivity (Wildman–Crippen MR) is 74.3 cm³/mol. The van der Waals surface area contributed by atoms with Gasteiger partial charge in [-0.1, -0.05) is 25.8 Å². The Balaban J connectivity index is 2.08. The van der Waals surface area contributed by atoms with Gasteiger partial charge in [-0.2, -0.15) is 0 Å². The third-order valence-corrected chi connectivity index (χ3v) is 4.27. The Morgan fingerprint density at radius 3 is 2.45 bits per heavy atom. The number of hydrogen-bond acceptors (Lipinski definition) is 1. The van der Waals surface area contributed by atoms with Crippen molar-refractivity contribution in [3.05, 3.63) is 35.4 Å². The molecule has 0 radical (unpaired) electrons. The van der Waals surface area contributed by atoms with Crippen LogP contribution in [0.4, 0.5) is 8.78 Å². The largest absolute Gasteiger partial charge is 0.353 e. The average Bonchev–Trinajstić information content (AvgIpc) is 2.41. The fourth-order valence-electron chi connectivity index (χ4n) is 2.89. The van der Waals surface area contributed by atoms with Gasteiger partial charge in [0.25, 0.3) is 0 Å². The van der Waals surface area contributed by atoms with Crippen LogP contribution in [0.2, 0.25) is 0 Å². The lowest BCUT2D eigenvalue weighted by atomic mass is 9.85. The van der Waals surface area contributed by atoms with E-state index in [1.807, 2.05) is 0 Å². The Hall–Kier alpha value is -1.45. The normalized spacial score (nSPS) is 24.2. The second-order valence-electron chi connectivity index (χ2n) is 5.73. The van der Waals surface area contributed by atoms with Gasteiger partial charge in [-0.25, -0.2) is 8.78 Å². The fraction of sp³-hybridized carbons (Fsp3) is 0.562. The highest BCUT2D eigenvalue weighted by Crippen LogP contribution is 2.26. The zero-order valence-corrected chi connectivity index (χ0v) is 12.0. The van der Waals surface area contributed by atoms with E-state index in [0.717, 1.165) is 19.3 Å². The number of halogens is 2. The zero-order chi connectivity index (χ0) is 14.7. The van der Waals surface area contributed by atoms with Crippen LogP contribution in [0.1, 0.15) is 51.0 Å². The van der Waals surface area contributed by atoms with Crippen molar-refractivity contribution in [2.75, 3.05) is 0 Å². The molecule has 0 aromatic heterocycles. The van der Waals surface area contributed by atoms with Crippen LogP contribution in [0, 0.1) is 17.6 Å². The average molecular weight is 281 g/mol. The fourth-order valence-corrected chi connectivity index (χ4v) is 2.89. The Morgan fingerprint density at radius 1 is 1.25 bits per heavy atom. The summed E-state index contributed by atoms with van der Waals surface area (Å²) in [6.07, 6.45) is 4.32. The molecule has 4 heteroatoms. The highest BCUT2D eigenvalue weighted by molar-refractivity contribution is 5.83. The molecule has 1 fully saturated rings. The van der Waals surface area contributed by atoms with E-state index in [4.69, 9.17) is 0 Å². The smallest absolute Gasteiger partial charge is 0.227 e. The highest BCUT2D eigenvalue weighted by Gasteiger charge is 2.27. The molecule has 0 spiro atoms. The SMILES string of the molecule is CC(C(=O)NC1CCCCC1C)c1c(F)cccc1F. The minimum atomic E-state index is -0.815. The maximum Gasteiger partial charge on any atom is 0.227 e. The van der Waals surface area contributed by atoms with Gasteiger partial charge < -0.3 is 5.32 Å². The van der Waals surface area contributed by atoms with E-state index in [9.17, 15) is 13.6 Å². The summed E-state index contributed by atoms with van der Waals surface area (Å²) in [5.74, 6) is -2.02. The van der Waals surface area contributed by atoms with Gasteiger partial charge in [0.15, 0.2) is 0 Å². The van der Waals surface area contributed by atoms with Crippen LogP contribution in [0.25, 0.3) is 0 Å². The molecule has 3 unspecified atom stereocenters. The summed E-state index contributed by atoms with van der Waals surface area (Å²) in [5, 5.41) is 2.95. The van der Waals surface area contributed by atoms with E-state index >= 15 is 0 Å². The third-order valence-electron chi connectivity index (χ3n) is 4.27. The predicted octanol–water partition coefficient (Wildman–Crippen LogP) is 3.76. The molecule has 0 saturated heterocycles. The summed E-state index contributed by atoms with van der Waals surface area (Å²) in [7, 11) is 0. The van der Waals surface area contributed by atoms with Gasteiger partial charge in [0.1, 0.15) is 11.6 Å². The van der Waals surface area contributed by atoms with Gasteiger partial charge in [0.2, 0.25) is 5.91 Å². The first kappa shape index (κ1) is 14.9. The monoisotopic (exact) mass is 281 g/mol. The minimum Gasteiger partial charge on any atom is -0.353 e. The minimum absolute atomic E-state index is 0.119. The standard InChI is InChI=1S/C16H21F2NO/c1-10-6-3-4-9-14(10)19-16(20)11(2)15-12(17)7-5-8-13(15)18/h5,7-8,10-11,14H,3-4,6,9H2,1-2H3,(H,19,20). The maximum absolute atomic E-state index is 13.7. The molecule has 3 atom stereocenters. The van der Waals surface area contributed by atoms with Crippen LogP contribution < -0.4 is 5.32 Å².